The number of benzene rings is 1. The normalized spacial score (nSPS) is 54.4. The Morgan fingerprint density at radius 3 is 1.70 bits per heavy atom. The van der Waals surface area contributed by atoms with Gasteiger partial charge in [0.1, 0.15) is 17.3 Å². The van der Waals surface area contributed by atoms with E-state index in [0.717, 1.165) is 135 Å². The number of allylic oxidation sites excluding steroid dienone is 4. The van der Waals surface area contributed by atoms with Gasteiger partial charge >= 0.3 is 0 Å². The highest BCUT2D eigenvalue weighted by molar-refractivity contribution is 5.92. The molecule has 0 saturated heterocycles. The number of fused-ring (bicyclic) bond motifs is 20. The molecule has 1 aromatic rings. The van der Waals surface area contributed by atoms with E-state index in [2.05, 4.69) is 68.4 Å². The maximum Gasteiger partial charge on any atom is 0.155 e. The molecule has 15 aliphatic carbocycles. The monoisotopic (exact) mass is 1260 g/mol. The summed E-state index contributed by atoms with van der Waals surface area (Å²) in [4.78, 5) is 36.6. The van der Waals surface area contributed by atoms with Crippen molar-refractivity contribution >= 4 is 17.3 Å². The smallest absolute Gasteiger partial charge is 0.155 e. The molecule has 11 heteroatoms. The van der Waals surface area contributed by atoms with Crippen molar-refractivity contribution in [2.75, 3.05) is 0 Å². The number of aromatic hydroxyl groups is 1. The fraction of sp³-hybridized carbons (Fsp3) is 0.838. The van der Waals surface area contributed by atoms with Crippen LogP contribution in [-0.4, -0.2) is 98.4 Å². The molecule has 0 aliphatic heterocycles. The summed E-state index contributed by atoms with van der Waals surface area (Å²) in [6.45, 7) is 26.1. The first-order chi connectivity index (χ1) is 42.5. The molecule has 0 bridgehead atoms. The molecule has 0 radical (unpaired) electrons. The number of phenols is 1. The first kappa shape index (κ1) is 66.8. The first-order valence-corrected chi connectivity index (χ1v) is 37.3. The molecule has 1 aromatic carbocycles. The second-order valence-corrected chi connectivity index (χ2v) is 36.7. The average molecular weight is 1260 g/mol. The number of ketones is 3. The highest BCUT2D eigenvalue weighted by Gasteiger charge is 2.68. The van der Waals surface area contributed by atoms with E-state index in [4.69, 9.17) is 0 Å². The van der Waals surface area contributed by atoms with E-state index in [-0.39, 0.29) is 57.2 Å². The predicted octanol–water partition coefficient (Wildman–Crippen LogP) is 13.8. The van der Waals surface area contributed by atoms with E-state index in [0.29, 0.717) is 125 Å². The summed E-state index contributed by atoms with van der Waals surface area (Å²) in [7, 11) is 0. The molecule has 506 valence electrons. The zero-order valence-corrected chi connectivity index (χ0v) is 58.0. The van der Waals surface area contributed by atoms with Crippen LogP contribution >= 0.6 is 0 Å². The number of hydrogen-bond donors (Lipinski definition) is 8. The molecule has 0 amide bonds. The molecule has 8 N–H and O–H groups in total. The van der Waals surface area contributed by atoms with Gasteiger partial charge in [0, 0.05) is 42.4 Å². The third-order valence-electron chi connectivity index (χ3n) is 33.0. The van der Waals surface area contributed by atoms with Crippen LogP contribution in [0.3, 0.4) is 0 Å². The lowest BCUT2D eigenvalue weighted by Crippen LogP contribution is -2.62. The van der Waals surface area contributed by atoms with Gasteiger partial charge in [-0.2, -0.15) is 0 Å². The van der Waals surface area contributed by atoms with Crippen molar-refractivity contribution in [1.82, 2.24) is 0 Å². The number of aliphatic hydroxyl groups excluding tert-OH is 2. The zero-order valence-electron chi connectivity index (χ0n) is 58.0. The van der Waals surface area contributed by atoms with Gasteiger partial charge < -0.3 is 40.9 Å². The highest BCUT2D eigenvalue weighted by Crippen LogP contribution is 2.71. The minimum Gasteiger partial charge on any atom is -0.508 e. The summed E-state index contributed by atoms with van der Waals surface area (Å²) in [5, 5.41) is 86.2. The van der Waals surface area contributed by atoms with Crippen LogP contribution in [0.4, 0.5) is 0 Å². The number of carbonyl (C=O) groups excluding carboxylic acids is 3. The standard InChI is InChI=1S/C20H34O3.C20H30O3.C20H28O3.C20H28O2/c1-12-10-13-11-14(21)4-9-20(13,23)16-5-7-18(2)15(17(12)16)6-8-19(18,3)22;1-11-17-14(13-5-4-12(21)10-15(13)18(11)22)6-8-19(2)16(17)7-9-20(19,3)23;1-11-8-12-9-13(21)4-5-14(12)18-16(22)10-19(2)15(17(11)18)6-7-20(19,3)23;1-12-10-13-11-14(21)4-5-15(13)16-6-8-19(2)17(18(12)16)7-9-20(19,3)22/h12-17,21-23H,4-11H2,1-3H3;11,13-17,23H,4-10H2,1-3H3;4-5,9,11,15-18,21-23H,6-8,10H2,1-3H3;10-11,15-18,22H,4-9H2,1-3H3/t12-,13+,14-,15+,16+,17+,18+,19+,20-;11-,13+,14+,15?,16-,17+,19-,20-;11-,15+,16+,17+,18+,19+,20+;15-,16+,17-,18+,19-,20-/m1010/s1. The van der Waals surface area contributed by atoms with Crippen LogP contribution in [0.15, 0.2) is 41.5 Å². The second-order valence-electron chi connectivity index (χ2n) is 36.7. The minimum absolute atomic E-state index is 0.00114. The van der Waals surface area contributed by atoms with Crippen molar-refractivity contribution in [1.29, 1.82) is 0 Å². The maximum atomic E-state index is 13.0. The van der Waals surface area contributed by atoms with Gasteiger partial charge in [0.25, 0.3) is 0 Å². The van der Waals surface area contributed by atoms with E-state index >= 15 is 0 Å². The summed E-state index contributed by atoms with van der Waals surface area (Å²) >= 11 is 0. The van der Waals surface area contributed by atoms with Crippen molar-refractivity contribution in [2.45, 2.75) is 290 Å². The lowest BCUT2D eigenvalue weighted by atomic mass is 9.45. The van der Waals surface area contributed by atoms with Gasteiger partial charge in [0.15, 0.2) is 5.78 Å². The lowest BCUT2D eigenvalue weighted by molar-refractivity contribution is -0.212. The fourth-order valence-corrected chi connectivity index (χ4v) is 27.1. The van der Waals surface area contributed by atoms with Gasteiger partial charge in [0.05, 0.1) is 40.2 Å². The zero-order chi connectivity index (χ0) is 65.5. The fourth-order valence-electron chi connectivity index (χ4n) is 27.1. The minimum atomic E-state index is -0.682. The Kier molecular flexibility index (Phi) is 16.8. The molecular formula is C80H120O11. The van der Waals surface area contributed by atoms with E-state index in [9.17, 15) is 55.2 Å². The van der Waals surface area contributed by atoms with Gasteiger partial charge in [-0.15, -0.1) is 0 Å². The molecule has 16 rings (SSSR count). The Balaban J connectivity index is 0.000000111. The second kappa shape index (κ2) is 22.9. The molecule has 0 aromatic heterocycles. The predicted molar refractivity (Wildman–Crippen MR) is 354 cm³/mol. The topological polar surface area (TPSA) is 213 Å². The Labute approximate surface area is 546 Å². The van der Waals surface area contributed by atoms with E-state index < -0.39 is 34.1 Å². The third-order valence-corrected chi connectivity index (χ3v) is 33.0. The van der Waals surface area contributed by atoms with E-state index in [1.807, 2.05) is 39.0 Å². The molecule has 1 unspecified atom stereocenters. The van der Waals surface area contributed by atoms with Crippen molar-refractivity contribution in [3.63, 3.8) is 0 Å². The number of phenolic OH excluding ortho intramolecular Hbond substituents is 1. The van der Waals surface area contributed by atoms with E-state index in [1.165, 1.54) is 28.7 Å². The van der Waals surface area contributed by atoms with Crippen molar-refractivity contribution in [3.05, 3.63) is 52.6 Å². The molecule has 30 atom stereocenters. The van der Waals surface area contributed by atoms with Crippen molar-refractivity contribution < 1.29 is 55.2 Å². The summed E-state index contributed by atoms with van der Waals surface area (Å²) in [6.07, 6.45) is 26.9. The molecule has 15 aliphatic rings. The van der Waals surface area contributed by atoms with Crippen LogP contribution in [0.25, 0.3) is 0 Å². The SMILES string of the molecule is CC1=CC2=CC(=O)CC[C@@H]2[C@H]2CC[C@@]3(C)[C@@H](CC[C@]3(C)O)[C@H]12.C[C@@H]1C(=O)C2CC(=O)CC[C@@H]2[C@H]2CC[C@@]3(C)[C@@H](CC[C@]3(C)O)[C@@H]21.C[C@@H]1C[C@H]2C[C@H](O)CC[C@]2(O)[C@H]2CC[C@@]3(C)[C@@H](CC[C@]3(C)O)[C@H]12.C[C@@H]1Cc2cc(O)ccc2[C@@H]2[C@@H]1[C@@H]1CC[C@](C)(O)[C@@]1(C)C[C@@H]2O. The number of Topliss-reactive ketones (excluding diaryl/α,β-unsaturated/α-hetero) is 2. The Morgan fingerprint density at radius 2 is 1.05 bits per heavy atom. The molecule has 0 heterocycles. The van der Waals surface area contributed by atoms with Crippen LogP contribution in [0, 0.1) is 128 Å². The Morgan fingerprint density at radius 1 is 0.495 bits per heavy atom. The first-order valence-electron chi connectivity index (χ1n) is 37.3. The van der Waals surface area contributed by atoms with Gasteiger partial charge in [-0.1, -0.05) is 66.2 Å². The van der Waals surface area contributed by atoms with Crippen LogP contribution in [0.5, 0.6) is 5.75 Å². The summed E-state index contributed by atoms with van der Waals surface area (Å²) in [5.74, 6) is 9.51. The molecule has 12 fully saturated rings. The van der Waals surface area contributed by atoms with Crippen molar-refractivity contribution in [2.24, 2.45) is 128 Å². The molecule has 11 nitrogen and oxygen atoms in total. The quantitative estimate of drug-likeness (QED) is 0.122. The van der Waals surface area contributed by atoms with Gasteiger partial charge in [-0.05, 0) is 322 Å². The Hall–Kier alpha value is -2.77. The summed E-state index contributed by atoms with van der Waals surface area (Å²) in [5.41, 5.74) is 2.09. The number of carbonyl (C=O) groups is 3. The van der Waals surface area contributed by atoms with Crippen molar-refractivity contribution in [3.8, 4) is 5.75 Å². The highest BCUT2D eigenvalue weighted by atomic mass is 16.3. The third kappa shape index (κ3) is 10.2. The van der Waals surface area contributed by atoms with E-state index in [1.54, 1.807) is 6.07 Å². The molecular weight excluding hydrogens is 1140 g/mol. The maximum absolute atomic E-state index is 13.0. The van der Waals surface area contributed by atoms with Gasteiger partial charge in [-0.25, -0.2) is 0 Å². The molecule has 12 saturated carbocycles. The lowest BCUT2D eigenvalue weighted by Gasteiger charge is -2.62. The summed E-state index contributed by atoms with van der Waals surface area (Å²) < 4.78 is 0. The Bertz CT molecular complexity index is 3060. The van der Waals surface area contributed by atoms with Crippen LogP contribution < -0.4 is 0 Å². The van der Waals surface area contributed by atoms with Gasteiger partial charge in [-0.3, -0.25) is 14.4 Å². The number of rotatable bonds is 0. The van der Waals surface area contributed by atoms with Crippen LogP contribution in [-0.2, 0) is 20.8 Å². The largest absolute Gasteiger partial charge is 0.508 e. The average Bonchev–Trinajstić information content (AvgIpc) is 1.71. The van der Waals surface area contributed by atoms with Crippen LogP contribution in [0.2, 0.25) is 0 Å². The molecule has 91 heavy (non-hydrogen) atoms. The molecule has 0 spiro atoms. The number of aliphatic hydroxyl groups is 7. The van der Waals surface area contributed by atoms with Gasteiger partial charge in [0.2, 0.25) is 0 Å². The van der Waals surface area contributed by atoms with Crippen LogP contribution in [0.1, 0.15) is 254 Å². The number of hydrogen-bond acceptors (Lipinski definition) is 11. The summed E-state index contributed by atoms with van der Waals surface area (Å²) in [6, 6.07) is 5.62.